The zero-order valence-corrected chi connectivity index (χ0v) is 14.8. The first-order valence-electron chi connectivity index (χ1n) is 7.46. The molecule has 0 aliphatic heterocycles. The third-order valence-corrected chi connectivity index (χ3v) is 4.19. The third kappa shape index (κ3) is 5.94. The molecular formula is C17H22NO5S-. The van der Waals surface area contributed by atoms with Crippen molar-refractivity contribution in [2.24, 2.45) is 5.92 Å². The second-order valence-electron chi connectivity index (χ2n) is 5.31. The van der Waals surface area contributed by atoms with E-state index >= 15 is 0 Å². The Labute approximate surface area is 145 Å². The van der Waals surface area contributed by atoms with Gasteiger partial charge in [-0.15, -0.1) is 5.73 Å². The Morgan fingerprint density at radius 1 is 1.42 bits per heavy atom. The van der Waals surface area contributed by atoms with Gasteiger partial charge in [0.2, 0.25) is 0 Å². The van der Waals surface area contributed by atoms with Crippen LogP contribution in [0.4, 0.5) is 0 Å². The second kappa shape index (κ2) is 10.1. The predicted molar refractivity (Wildman–Crippen MR) is 91.1 cm³/mol. The largest absolute Gasteiger partial charge is 0.740 e. The summed E-state index contributed by atoms with van der Waals surface area (Å²) in [5.41, 5.74) is 3.27. The highest BCUT2D eigenvalue weighted by molar-refractivity contribution is 7.74. The fourth-order valence-corrected chi connectivity index (χ4v) is 2.53. The number of nitrogens with one attached hydrogen (secondary N) is 1. The lowest BCUT2D eigenvalue weighted by atomic mass is 9.83. The Hall–Kier alpha value is -1.92. The van der Waals surface area contributed by atoms with E-state index in [2.05, 4.69) is 21.8 Å². The molecule has 6 nitrogen and oxygen atoms in total. The van der Waals surface area contributed by atoms with Crippen molar-refractivity contribution in [3.05, 3.63) is 48.2 Å². The van der Waals surface area contributed by atoms with Gasteiger partial charge in [0.05, 0.1) is 5.92 Å². The Bertz CT molecular complexity index is 610. The summed E-state index contributed by atoms with van der Waals surface area (Å²) < 4.78 is 31.3. The summed E-state index contributed by atoms with van der Waals surface area (Å²) in [5, 5.41) is 3.07. The number of carbonyl (C=O) groups is 1. The average molecular weight is 352 g/mol. The zero-order valence-electron chi connectivity index (χ0n) is 14.0. The van der Waals surface area contributed by atoms with E-state index in [-0.39, 0.29) is 12.0 Å². The third-order valence-electron chi connectivity index (χ3n) is 3.89. The van der Waals surface area contributed by atoms with Crippen LogP contribution in [0.25, 0.3) is 0 Å². The molecule has 4 atom stereocenters. The molecule has 24 heavy (non-hydrogen) atoms. The fourth-order valence-electron chi connectivity index (χ4n) is 2.29. The fraction of sp³-hybridized carbons (Fsp3) is 0.412. The van der Waals surface area contributed by atoms with Crippen LogP contribution in [0.2, 0.25) is 0 Å². The van der Waals surface area contributed by atoms with Crippen molar-refractivity contribution in [2.45, 2.75) is 25.8 Å². The van der Waals surface area contributed by atoms with Crippen molar-refractivity contribution in [1.82, 2.24) is 5.32 Å². The van der Waals surface area contributed by atoms with Crippen molar-refractivity contribution in [3.63, 3.8) is 0 Å². The van der Waals surface area contributed by atoms with Gasteiger partial charge in [0.15, 0.2) is 0 Å². The van der Waals surface area contributed by atoms with Gasteiger partial charge in [0, 0.05) is 6.04 Å². The molecule has 0 heterocycles. The lowest BCUT2D eigenvalue weighted by molar-refractivity contribution is -0.137. The SMILES string of the molecule is C=C=CCOc1ccc(C(C(=O)OS(=O)[O-])C(C)C(C)NC)cc1. The summed E-state index contributed by atoms with van der Waals surface area (Å²) in [6, 6.07) is 6.88. The molecule has 0 bridgehead atoms. The van der Waals surface area contributed by atoms with Gasteiger partial charge in [-0.3, -0.25) is 4.79 Å². The average Bonchev–Trinajstić information content (AvgIpc) is 2.55. The van der Waals surface area contributed by atoms with Crippen LogP contribution in [0.15, 0.2) is 42.7 Å². The van der Waals surface area contributed by atoms with Gasteiger partial charge in [0.1, 0.15) is 23.7 Å². The summed E-state index contributed by atoms with van der Waals surface area (Å²) in [6.45, 7) is 7.57. The molecule has 1 aromatic carbocycles. The Kier molecular flexibility index (Phi) is 8.43. The van der Waals surface area contributed by atoms with Crippen molar-refractivity contribution in [2.75, 3.05) is 13.7 Å². The Morgan fingerprint density at radius 2 is 2.04 bits per heavy atom. The standard InChI is InChI=1S/C17H23NO5S/c1-5-6-11-22-15-9-7-14(8-10-15)16(12(2)13(3)18-4)17(19)23-24(20)21/h6-10,12-13,16,18H,1,11H2,2-4H3,(H,20,21)/p-1. The molecule has 0 aliphatic rings. The highest BCUT2D eigenvalue weighted by Gasteiger charge is 2.31. The van der Waals surface area contributed by atoms with Gasteiger partial charge in [-0.05, 0) is 43.7 Å². The first-order valence-corrected chi connectivity index (χ1v) is 8.46. The van der Waals surface area contributed by atoms with Crippen LogP contribution in [-0.2, 0) is 20.3 Å². The molecule has 0 radical (unpaired) electrons. The maximum Gasteiger partial charge on any atom is 0.326 e. The molecule has 4 unspecified atom stereocenters. The van der Waals surface area contributed by atoms with E-state index in [1.54, 1.807) is 37.4 Å². The molecule has 0 aliphatic carbocycles. The molecule has 0 aromatic heterocycles. The monoisotopic (exact) mass is 352 g/mol. The van der Waals surface area contributed by atoms with Crippen LogP contribution < -0.4 is 10.1 Å². The van der Waals surface area contributed by atoms with Crippen LogP contribution in [-0.4, -0.2) is 34.4 Å². The van der Waals surface area contributed by atoms with Gasteiger partial charge in [0.25, 0.3) is 0 Å². The first kappa shape index (κ1) is 20.1. The molecule has 0 saturated carbocycles. The topological polar surface area (TPSA) is 87.7 Å². The number of carbonyl (C=O) groups excluding carboxylic acids is 1. The van der Waals surface area contributed by atoms with Crippen LogP contribution in [0.1, 0.15) is 25.3 Å². The normalized spacial score (nSPS) is 15.5. The quantitative estimate of drug-likeness (QED) is 0.541. The second-order valence-corrected chi connectivity index (χ2v) is 5.88. The number of ether oxygens (including phenoxy) is 1. The van der Waals surface area contributed by atoms with E-state index in [0.717, 1.165) is 0 Å². The summed E-state index contributed by atoms with van der Waals surface area (Å²) >= 11 is -2.89. The number of rotatable bonds is 9. The van der Waals surface area contributed by atoms with Crippen molar-refractivity contribution in [3.8, 4) is 5.75 Å². The molecular weight excluding hydrogens is 330 g/mol. The predicted octanol–water partition coefficient (Wildman–Crippen LogP) is 2.07. The molecule has 0 fully saturated rings. The number of benzene rings is 1. The number of hydrogen-bond donors (Lipinski definition) is 1. The smallest absolute Gasteiger partial charge is 0.326 e. The summed E-state index contributed by atoms with van der Waals surface area (Å²) in [4.78, 5) is 12.2. The van der Waals surface area contributed by atoms with Gasteiger partial charge in [-0.1, -0.05) is 25.6 Å². The first-order chi connectivity index (χ1) is 11.4. The van der Waals surface area contributed by atoms with E-state index in [0.29, 0.717) is 17.9 Å². The molecule has 0 spiro atoms. The zero-order chi connectivity index (χ0) is 18.1. The lowest BCUT2D eigenvalue weighted by Gasteiger charge is -2.27. The van der Waals surface area contributed by atoms with E-state index in [9.17, 15) is 13.6 Å². The van der Waals surface area contributed by atoms with E-state index < -0.39 is 23.2 Å². The van der Waals surface area contributed by atoms with Crippen molar-refractivity contribution >= 4 is 17.3 Å². The Balaban J connectivity index is 3.02. The van der Waals surface area contributed by atoms with E-state index in [4.69, 9.17) is 4.74 Å². The van der Waals surface area contributed by atoms with Crippen LogP contribution >= 0.6 is 0 Å². The summed E-state index contributed by atoms with van der Waals surface area (Å²) in [7, 11) is 1.78. The summed E-state index contributed by atoms with van der Waals surface area (Å²) in [6.07, 6.45) is 1.65. The minimum absolute atomic E-state index is 0.0173. The minimum Gasteiger partial charge on any atom is -0.740 e. The van der Waals surface area contributed by atoms with Gasteiger partial charge in [-0.2, -0.15) is 0 Å². The molecule has 7 heteroatoms. The molecule has 1 aromatic rings. The number of hydrogen-bond acceptors (Lipinski definition) is 6. The van der Waals surface area contributed by atoms with Gasteiger partial charge >= 0.3 is 5.97 Å². The highest BCUT2D eigenvalue weighted by atomic mass is 32.2. The molecule has 1 rings (SSSR count). The maximum atomic E-state index is 12.2. The summed E-state index contributed by atoms with van der Waals surface area (Å²) in [5.74, 6) is -1.07. The van der Waals surface area contributed by atoms with Gasteiger partial charge < -0.3 is 18.8 Å². The van der Waals surface area contributed by atoms with Crippen molar-refractivity contribution < 1.29 is 22.5 Å². The van der Waals surface area contributed by atoms with Crippen molar-refractivity contribution in [1.29, 1.82) is 0 Å². The van der Waals surface area contributed by atoms with E-state index in [1.165, 1.54) is 0 Å². The van der Waals surface area contributed by atoms with Crippen LogP contribution in [0.5, 0.6) is 5.75 Å². The maximum absolute atomic E-state index is 12.2. The molecule has 132 valence electrons. The highest BCUT2D eigenvalue weighted by Crippen LogP contribution is 2.30. The molecule has 0 saturated heterocycles. The van der Waals surface area contributed by atoms with Gasteiger partial charge in [-0.25, -0.2) is 4.21 Å². The van der Waals surface area contributed by atoms with E-state index in [1.807, 2.05) is 13.8 Å². The minimum atomic E-state index is -2.89. The van der Waals surface area contributed by atoms with Crippen LogP contribution in [0.3, 0.4) is 0 Å². The molecule has 1 N–H and O–H groups in total. The lowest BCUT2D eigenvalue weighted by Crippen LogP contribution is -2.36. The molecule has 0 amide bonds. The van der Waals surface area contributed by atoms with Crippen LogP contribution in [0, 0.1) is 5.92 Å². The Morgan fingerprint density at radius 3 is 2.54 bits per heavy atom.